The van der Waals surface area contributed by atoms with Crippen molar-refractivity contribution in [2.24, 2.45) is 0 Å². The third-order valence-electron chi connectivity index (χ3n) is 3.13. The largest absolute Gasteiger partial charge is 0.296 e. The molecule has 2 nitrogen and oxygen atoms in total. The first-order valence-corrected chi connectivity index (χ1v) is 6.79. The van der Waals surface area contributed by atoms with E-state index in [4.69, 9.17) is 0 Å². The van der Waals surface area contributed by atoms with E-state index in [-0.39, 0.29) is 6.04 Å². The van der Waals surface area contributed by atoms with E-state index in [1.54, 1.807) is 0 Å². The number of aromatic nitrogens is 1. The second-order valence-corrected chi connectivity index (χ2v) is 4.58. The van der Waals surface area contributed by atoms with Crippen LogP contribution in [0.2, 0.25) is 0 Å². The van der Waals surface area contributed by atoms with Gasteiger partial charge in [0.15, 0.2) is 18.7 Å². The van der Waals surface area contributed by atoms with E-state index >= 15 is 0 Å². The monoisotopic (exact) mass is 234 g/mol. The molecule has 2 heteroatoms. The molecule has 1 unspecified atom stereocenters. The molecule has 0 aliphatic carbocycles. The number of aldehydes is 1. The van der Waals surface area contributed by atoms with Gasteiger partial charge in [-0.25, -0.2) is 0 Å². The first kappa shape index (κ1) is 13.9. The van der Waals surface area contributed by atoms with Crippen LogP contribution in [0.4, 0.5) is 0 Å². The van der Waals surface area contributed by atoms with Crippen LogP contribution in [0.3, 0.4) is 0 Å². The smallest absolute Gasteiger partial charge is 0.213 e. The summed E-state index contributed by atoms with van der Waals surface area (Å²) in [6.45, 7) is 2.23. The Hall–Kier alpha value is -1.18. The molecule has 0 bridgehead atoms. The summed E-state index contributed by atoms with van der Waals surface area (Å²) in [5, 5.41) is 0. The van der Waals surface area contributed by atoms with Gasteiger partial charge in [-0.1, -0.05) is 45.1 Å². The Bertz CT molecular complexity index is 297. The quantitative estimate of drug-likeness (QED) is 0.364. The molecule has 1 heterocycles. The maximum atomic E-state index is 11.1. The lowest BCUT2D eigenvalue weighted by atomic mass is 10.1. The lowest BCUT2D eigenvalue weighted by Crippen LogP contribution is -2.39. The Labute approximate surface area is 105 Å². The molecule has 1 rings (SSSR count). The molecule has 0 radical (unpaired) electrons. The number of pyridine rings is 1. The first-order chi connectivity index (χ1) is 8.38. The van der Waals surface area contributed by atoms with Crippen LogP contribution in [0.5, 0.6) is 0 Å². The Morgan fingerprint density at radius 3 is 2.29 bits per heavy atom. The lowest BCUT2D eigenvalue weighted by molar-refractivity contribution is -0.708. The molecule has 0 N–H and O–H groups in total. The van der Waals surface area contributed by atoms with Crippen molar-refractivity contribution in [1.82, 2.24) is 0 Å². The highest BCUT2D eigenvalue weighted by atomic mass is 16.1. The summed E-state index contributed by atoms with van der Waals surface area (Å²) < 4.78 is 2.00. The van der Waals surface area contributed by atoms with Crippen LogP contribution in [0.25, 0.3) is 0 Å². The molecular weight excluding hydrogens is 210 g/mol. The van der Waals surface area contributed by atoms with Crippen molar-refractivity contribution in [3.8, 4) is 0 Å². The van der Waals surface area contributed by atoms with Gasteiger partial charge in [0.25, 0.3) is 0 Å². The number of carbonyl (C=O) groups is 1. The molecule has 94 valence electrons. The highest BCUT2D eigenvalue weighted by Gasteiger charge is 2.15. The van der Waals surface area contributed by atoms with Crippen LogP contribution in [0, 0.1) is 0 Å². The lowest BCUT2D eigenvalue weighted by Gasteiger charge is -2.05. The molecule has 0 fully saturated rings. The molecular formula is C15H24NO+. The molecule has 0 aliphatic rings. The van der Waals surface area contributed by atoms with Crippen LogP contribution in [-0.2, 0) is 4.79 Å². The van der Waals surface area contributed by atoms with Gasteiger partial charge in [-0.3, -0.25) is 4.79 Å². The number of hydrogen-bond acceptors (Lipinski definition) is 1. The summed E-state index contributed by atoms with van der Waals surface area (Å²) >= 11 is 0. The predicted octanol–water partition coefficient (Wildman–Crippen LogP) is 3.46. The number of unbranched alkanes of at least 4 members (excludes halogenated alkanes) is 5. The Morgan fingerprint density at radius 1 is 1.00 bits per heavy atom. The maximum absolute atomic E-state index is 11.1. The van der Waals surface area contributed by atoms with Gasteiger partial charge < -0.3 is 0 Å². The van der Waals surface area contributed by atoms with E-state index < -0.39 is 0 Å². The Kier molecular flexibility index (Phi) is 7.28. The normalized spacial score (nSPS) is 12.3. The van der Waals surface area contributed by atoms with E-state index in [2.05, 4.69) is 6.92 Å². The third kappa shape index (κ3) is 5.62. The maximum Gasteiger partial charge on any atom is 0.213 e. The molecule has 0 spiro atoms. The van der Waals surface area contributed by atoms with Crippen molar-refractivity contribution in [2.75, 3.05) is 0 Å². The number of rotatable bonds is 9. The molecule has 0 saturated carbocycles. The highest BCUT2D eigenvalue weighted by Crippen LogP contribution is 2.10. The zero-order chi connectivity index (χ0) is 12.3. The summed E-state index contributed by atoms with van der Waals surface area (Å²) in [6.07, 6.45) is 13.6. The number of hydrogen-bond donors (Lipinski definition) is 0. The zero-order valence-electron chi connectivity index (χ0n) is 10.8. The van der Waals surface area contributed by atoms with Gasteiger partial charge in [-0.15, -0.1) is 0 Å². The average molecular weight is 234 g/mol. The fraction of sp³-hybridized carbons (Fsp3) is 0.600. The summed E-state index contributed by atoms with van der Waals surface area (Å²) in [7, 11) is 0. The van der Waals surface area contributed by atoms with Crippen LogP contribution in [0.1, 0.15) is 57.9 Å². The van der Waals surface area contributed by atoms with Crippen LogP contribution in [0.15, 0.2) is 30.6 Å². The van der Waals surface area contributed by atoms with Crippen molar-refractivity contribution in [2.45, 2.75) is 57.9 Å². The molecule has 1 aromatic rings. The van der Waals surface area contributed by atoms with Crippen LogP contribution in [-0.4, -0.2) is 6.29 Å². The SMILES string of the molecule is CCCCCCCCC(C=O)[n+]1ccccc1. The Morgan fingerprint density at radius 2 is 1.65 bits per heavy atom. The molecule has 0 amide bonds. The van der Waals surface area contributed by atoms with E-state index in [1.165, 1.54) is 32.1 Å². The standard InChI is InChI=1S/C15H24NO/c1-2-3-4-5-6-8-11-15(14-17)16-12-9-7-10-13-16/h7,9-10,12-15H,2-6,8,11H2,1H3/q+1. The van der Waals surface area contributed by atoms with Gasteiger partial charge in [-0.05, 0) is 6.42 Å². The van der Waals surface area contributed by atoms with Gasteiger partial charge in [0.05, 0.1) is 0 Å². The summed E-state index contributed by atoms with van der Waals surface area (Å²) in [6, 6.07) is 5.93. The van der Waals surface area contributed by atoms with Gasteiger partial charge in [0.2, 0.25) is 6.04 Å². The minimum absolute atomic E-state index is 0.0161. The van der Waals surface area contributed by atoms with Gasteiger partial charge in [0, 0.05) is 18.6 Å². The van der Waals surface area contributed by atoms with Crippen molar-refractivity contribution in [1.29, 1.82) is 0 Å². The summed E-state index contributed by atoms with van der Waals surface area (Å²) in [4.78, 5) is 11.1. The first-order valence-electron chi connectivity index (χ1n) is 6.79. The number of carbonyl (C=O) groups excluding carboxylic acids is 1. The topological polar surface area (TPSA) is 20.9 Å². The average Bonchev–Trinajstić information content (AvgIpc) is 2.39. The molecule has 0 aliphatic heterocycles. The second kappa shape index (κ2) is 8.91. The molecule has 0 saturated heterocycles. The van der Waals surface area contributed by atoms with Gasteiger partial charge >= 0.3 is 0 Å². The molecule has 1 atom stereocenters. The second-order valence-electron chi connectivity index (χ2n) is 4.58. The van der Waals surface area contributed by atoms with Crippen LogP contribution >= 0.6 is 0 Å². The minimum Gasteiger partial charge on any atom is -0.296 e. The van der Waals surface area contributed by atoms with Crippen molar-refractivity contribution in [3.63, 3.8) is 0 Å². The molecule has 0 aromatic carbocycles. The third-order valence-corrected chi connectivity index (χ3v) is 3.13. The fourth-order valence-electron chi connectivity index (χ4n) is 2.05. The number of nitrogens with zero attached hydrogens (tertiary/aromatic N) is 1. The summed E-state index contributed by atoms with van der Waals surface area (Å²) in [5.41, 5.74) is 0. The van der Waals surface area contributed by atoms with E-state index in [0.29, 0.717) is 0 Å². The van der Waals surface area contributed by atoms with Crippen molar-refractivity contribution in [3.05, 3.63) is 30.6 Å². The molecule has 1 aromatic heterocycles. The van der Waals surface area contributed by atoms with E-state index in [9.17, 15) is 4.79 Å². The minimum atomic E-state index is 0.0161. The van der Waals surface area contributed by atoms with E-state index in [0.717, 1.165) is 19.1 Å². The van der Waals surface area contributed by atoms with Crippen LogP contribution < -0.4 is 4.57 Å². The van der Waals surface area contributed by atoms with E-state index in [1.807, 2.05) is 35.2 Å². The predicted molar refractivity (Wildman–Crippen MR) is 69.7 cm³/mol. The van der Waals surface area contributed by atoms with Gasteiger partial charge in [0.1, 0.15) is 0 Å². The fourth-order valence-corrected chi connectivity index (χ4v) is 2.05. The molecule has 17 heavy (non-hydrogen) atoms. The van der Waals surface area contributed by atoms with Crippen molar-refractivity contribution < 1.29 is 9.36 Å². The zero-order valence-corrected chi connectivity index (χ0v) is 10.8. The Balaban J connectivity index is 2.22. The van der Waals surface area contributed by atoms with Gasteiger partial charge in [-0.2, -0.15) is 4.57 Å². The summed E-state index contributed by atoms with van der Waals surface area (Å²) in [5.74, 6) is 0. The van der Waals surface area contributed by atoms with Crippen molar-refractivity contribution >= 4 is 6.29 Å². The highest BCUT2D eigenvalue weighted by molar-refractivity contribution is 5.52.